The highest BCUT2D eigenvalue weighted by Crippen LogP contribution is 2.20. The molecule has 0 saturated heterocycles. The maximum absolute atomic E-state index is 12.4. The molecule has 3 rings (SSSR count). The third kappa shape index (κ3) is 2.91. The molecule has 0 N–H and O–H groups in total. The van der Waals surface area contributed by atoms with E-state index in [9.17, 15) is 4.79 Å². The van der Waals surface area contributed by atoms with Crippen LogP contribution in [0.2, 0.25) is 10.0 Å². The number of aryl methyl sites for hydroxylation is 1. The third-order valence-electron chi connectivity index (χ3n) is 3.28. The van der Waals surface area contributed by atoms with Crippen LogP contribution in [0.15, 0.2) is 59.4 Å². The van der Waals surface area contributed by atoms with Crippen molar-refractivity contribution in [3.8, 4) is 16.9 Å². The summed E-state index contributed by atoms with van der Waals surface area (Å²) in [5, 5.41) is 5.66. The lowest BCUT2D eigenvalue weighted by Crippen LogP contribution is -2.23. The van der Waals surface area contributed by atoms with Gasteiger partial charge in [-0.2, -0.15) is 9.78 Å². The molecule has 0 aliphatic carbocycles. The van der Waals surface area contributed by atoms with E-state index in [1.54, 1.807) is 49.4 Å². The summed E-state index contributed by atoms with van der Waals surface area (Å²) in [6, 6.07) is 16.2. The maximum Gasteiger partial charge on any atom is 0.274 e. The van der Waals surface area contributed by atoms with Gasteiger partial charge < -0.3 is 0 Å². The average Bonchev–Trinajstić information content (AvgIpc) is 2.50. The molecule has 1 aromatic heterocycles. The Kier molecular flexibility index (Phi) is 4.01. The molecule has 0 aliphatic heterocycles. The van der Waals surface area contributed by atoms with Gasteiger partial charge in [-0.3, -0.25) is 4.79 Å². The fourth-order valence-electron chi connectivity index (χ4n) is 2.16. The molecule has 5 heteroatoms. The first-order valence-electron chi connectivity index (χ1n) is 6.67. The number of hydrogen-bond donors (Lipinski definition) is 0. The lowest BCUT2D eigenvalue weighted by Gasteiger charge is -2.09. The minimum absolute atomic E-state index is 0.167. The van der Waals surface area contributed by atoms with Gasteiger partial charge >= 0.3 is 0 Å². The average molecular weight is 331 g/mol. The zero-order chi connectivity index (χ0) is 15.7. The summed E-state index contributed by atoms with van der Waals surface area (Å²) in [6.07, 6.45) is 0. The van der Waals surface area contributed by atoms with E-state index in [2.05, 4.69) is 5.10 Å². The summed E-state index contributed by atoms with van der Waals surface area (Å²) in [4.78, 5) is 12.4. The van der Waals surface area contributed by atoms with Crippen molar-refractivity contribution in [2.45, 2.75) is 6.92 Å². The van der Waals surface area contributed by atoms with Gasteiger partial charge in [0.1, 0.15) is 0 Å². The summed E-state index contributed by atoms with van der Waals surface area (Å²) in [7, 11) is 0. The molecule has 0 fully saturated rings. The first-order valence-corrected chi connectivity index (χ1v) is 7.43. The Labute approximate surface area is 137 Å². The number of hydrogen-bond acceptors (Lipinski definition) is 2. The molecule has 0 aliphatic rings. The molecule has 0 spiro atoms. The van der Waals surface area contributed by atoms with E-state index >= 15 is 0 Å². The number of rotatable bonds is 2. The number of benzene rings is 2. The van der Waals surface area contributed by atoms with Gasteiger partial charge in [0.2, 0.25) is 0 Å². The van der Waals surface area contributed by atoms with Crippen LogP contribution in [0.1, 0.15) is 5.56 Å². The normalized spacial score (nSPS) is 10.7. The Morgan fingerprint density at radius 1 is 0.955 bits per heavy atom. The Bertz CT molecular complexity index is 886. The zero-order valence-corrected chi connectivity index (χ0v) is 13.3. The van der Waals surface area contributed by atoms with Crippen LogP contribution in [-0.4, -0.2) is 9.78 Å². The van der Waals surface area contributed by atoms with Crippen molar-refractivity contribution in [1.29, 1.82) is 0 Å². The van der Waals surface area contributed by atoms with Crippen LogP contribution in [0, 0.1) is 6.92 Å². The van der Waals surface area contributed by atoms with Gasteiger partial charge in [-0.25, -0.2) is 0 Å². The van der Waals surface area contributed by atoms with Gasteiger partial charge in [0.15, 0.2) is 0 Å². The standard InChI is InChI=1S/C17H12Cl2N2O/c1-11-9-16(12-5-7-13(18)8-6-12)20-21(17(11)22)15-4-2-3-14(19)10-15/h2-10H,1H3. The second-order valence-corrected chi connectivity index (χ2v) is 5.79. The molecule has 3 nitrogen and oxygen atoms in total. The predicted octanol–water partition coefficient (Wildman–Crippen LogP) is 4.51. The minimum Gasteiger partial charge on any atom is -0.267 e. The van der Waals surface area contributed by atoms with Crippen molar-refractivity contribution in [2.75, 3.05) is 0 Å². The summed E-state index contributed by atoms with van der Waals surface area (Å²) in [6.45, 7) is 1.77. The summed E-state index contributed by atoms with van der Waals surface area (Å²) < 4.78 is 1.37. The van der Waals surface area contributed by atoms with Crippen molar-refractivity contribution in [2.24, 2.45) is 0 Å². The second-order valence-electron chi connectivity index (χ2n) is 4.92. The fourth-order valence-corrected chi connectivity index (χ4v) is 2.47. The van der Waals surface area contributed by atoms with E-state index in [0.29, 0.717) is 27.0 Å². The van der Waals surface area contributed by atoms with Crippen molar-refractivity contribution in [3.05, 3.63) is 80.6 Å². The van der Waals surface area contributed by atoms with E-state index in [1.807, 2.05) is 12.1 Å². The molecular formula is C17H12Cl2N2O. The SMILES string of the molecule is Cc1cc(-c2ccc(Cl)cc2)nn(-c2cccc(Cl)c2)c1=O. The number of nitrogens with zero attached hydrogens (tertiary/aromatic N) is 2. The summed E-state index contributed by atoms with van der Waals surface area (Å²) >= 11 is 11.9. The van der Waals surface area contributed by atoms with E-state index < -0.39 is 0 Å². The van der Waals surface area contributed by atoms with E-state index in [0.717, 1.165) is 5.56 Å². The molecule has 0 bridgehead atoms. The predicted molar refractivity (Wildman–Crippen MR) is 90.0 cm³/mol. The van der Waals surface area contributed by atoms with Crippen molar-refractivity contribution in [3.63, 3.8) is 0 Å². The minimum atomic E-state index is -0.167. The molecular weight excluding hydrogens is 319 g/mol. The van der Waals surface area contributed by atoms with Crippen LogP contribution in [0.5, 0.6) is 0 Å². The molecule has 0 unspecified atom stereocenters. The van der Waals surface area contributed by atoms with E-state index in [-0.39, 0.29) is 5.56 Å². The molecule has 3 aromatic rings. The van der Waals surface area contributed by atoms with Gasteiger partial charge in [0.05, 0.1) is 11.4 Å². The molecule has 0 atom stereocenters. The molecule has 0 saturated carbocycles. The van der Waals surface area contributed by atoms with Crippen molar-refractivity contribution >= 4 is 23.2 Å². The van der Waals surface area contributed by atoms with E-state index in [1.165, 1.54) is 4.68 Å². The van der Waals surface area contributed by atoms with Gasteiger partial charge in [-0.05, 0) is 43.3 Å². The maximum atomic E-state index is 12.4. The van der Waals surface area contributed by atoms with E-state index in [4.69, 9.17) is 23.2 Å². The van der Waals surface area contributed by atoms with Crippen LogP contribution in [0.25, 0.3) is 16.9 Å². The first-order chi connectivity index (χ1) is 10.5. The fraction of sp³-hybridized carbons (Fsp3) is 0.0588. The van der Waals surface area contributed by atoms with Crippen LogP contribution < -0.4 is 5.56 Å². The first kappa shape index (κ1) is 14.8. The highest BCUT2D eigenvalue weighted by Gasteiger charge is 2.09. The Morgan fingerprint density at radius 3 is 2.36 bits per heavy atom. The Balaban J connectivity index is 2.19. The van der Waals surface area contributed by atoms with Gasteiger partial charge in [-0.1, -0.05) is 41.4 Å². The highest BCUT2D eigenvalue weighted by atomic mass is 35.5. The van der Waals surface area contributed by atoms with Crippen LogP contribution in [0.4, 0.5) is 0 Å². The number of halogens is 2. The van der Waals surface area contributed by atoms with Crippen LogP contribution >= 0.6 is 23.2 Å². The second kappa shape index (κ2) is 5.95. The van der Waals surface area contributed by atoms with Gasteiger partial charge in [0, 0.05) is 21.2 Å². The largest absolute Gasteiger partial charge is 0.274 e. The van der Waals surface area contributed by atoms with Crippen molar-refractivity contribution < 1.29 is 0 Å². The monoisotopic (exact) mass is 330 g/mol. The molecule has 0 radical (unpaired) electrons. The highest BCUT2D eigenvalue weighted by molar-refractivity contribution is 6.31. The van der Waals surface area contributed by atoms with Gasteiger partial charge in [0.25, 0.3) is 5.56 Å². The van der Waals surface area contributed by atoms with Crippen LogP contribution in [0.3, 0.4) is 0 Å². The summed E-state index contributed by atoms with van der Waals surface area (Å²) in [5.41, 5.74) is 2.67. The molecule has 2 aromatic carbocycles. The zero-order valence-electron chi connectivity index (χ0n) is 11.8. The molecule has 0 amide bonds. The third-order valence-corrected chi connectivity index (χ3v) is 3.77. The lowest BCUT2D eigenvalue weighted by atomic mass is 10.1. The number of aromatic nitrogens is 2. The Hall–Kier alpha value is -2.10. The topological polar surface area (TPSA) is 34.9 Å². The molecule has 110 valence electrons. The quantitative estimate of drug-likeness (QED) is 0.692. The molecule has 22 heavy (non-hydrogen) atoms. The van der Waals surface area contributed by atoms with Crippen molar-refractivity contribution in [1.82, 2.24) is 9.78 Å². The van der Waals surface area contributed by atoms with Gasteiger partial charge in [-0.15, -0.1) is 0 Å². The Morgan fingerprint density at radius 2 is 1.68 bits per heavy atom. The lowest BCUT2D eigenvalue weighted by molar-refractivity contribution is 0.802. The smallest absolute Gasteiger partial charge is 0.267 e. The molecule has 1 heterocycles. The van der Waals surface area contributed by atoms with Crippen LogP contribution in [-0.2, 0) is 0 Å². The summed E-state index contributed by atoms with van der Waals surface area (Å²) in [5.74, 6) is 0.